The van der Waals surface area contributed by atoms with E-state index >= 15 is 0 Å². The Morgan fingerprint density at radius 2 is 1.52 bits per heavy atom. The molecule has 0 bridgehead atoms. The fourth-order valence-corrected chi connectivity index (χ4v) is 11.1. The molecule has 1 saturated carbocycles. The Morgan fingerprint density at radius 1 is 0.823 bits per heavy atom. The molecule has 1 unspecified atom stereocenters. The molecule has 4 fully saturated rings. The average molecular weight is 847 g/mol. The van der Waals surface area contributed by atoms with Gasteiger partial charge in [0, 0.05) is 71.7 Å². The van der Waals surface area contributed by atoms with Crippen LogP contribution in [0.5, 0.6) is 5.75 Å². The van der Waals surface area contributed by atoms with E-state index in [2.05, 4.69) is 27.0 Å². The summed E-state index contributed by atoms with van der Waals surface area (Å²) in [6, 6.07) is 15.0. The fraction of sp³-hybridized carbons (Fsp3) is 0.447. The molecule has 0 radical (unpaired) electrons. The molecule has 5 amide bonds. The van der Waals surface area contributed by atoms with Gasteiger partial charge in [0.2, 0.25) is 11.8 Å². The van der Waals surface area contributed by atoms with Gasteiger partial charge in [0.05, 0.1) is 28.3 Å². The van der Waals surface area contributed by atoms with Crippen molar-refractivity contribution in [3.63, 3.8) is 0 Å². The first kappa shape index (κ1) is 41.2. The minimum atomic E-state index is -4.70. The first-order chi connectivity index (χ1) is 29.4. The van der Waals surface area contributed by atoms with Crippen molar-refractivity contribution >= 4 is 35.2 Å². The maximum Gasteiger partial charge on any atom is 0.417 e. The third kappa shape index (κ3) is 6.78. The predicted octanol–water partition coefficient (Wildman–Crippen LogP) is 5.77. The van der Waals surface area contributed by atoms with Crippen LogP contribution in [0, 0.1) is 39.9 Å². The van der Waals surface area contributed by atoms with E-state index in [0.29, 0.717) is 18.2 Å². The van der Waals surface area contributed by atoms with Gasteiger partial charge in [-0.2, -0.15) is 18.4 Å². The second-order valence-corrected chi connectivity index (χ2v) is 18.5. The topological polar surface area (TPSA) is 143 Å². The number of nitriles is 1. The molecule has 1 N–H and O–H groups in total. The van der Waals surface area contributed by atoms with Gasteiger partial charge in [0.25, 0.3) is 17.7 Å². The number of carbonyl (C=O) groups excluding carboxylic acids is 5. The second-order valence-electron chi connectivity index (χ2n) is 18.5. The Bertz CT molecular complexity index is 2540. The summed E-state index contributed by atoms with van der Waals surface area (Å²) in [4.78, 5) is 71.8. The van der Waals surface area contributed by atoms with Crippen molar-refractivity contribution < 1.29 is 41.9 Å². The van der Waals surface area contributed by atoms with E-state index in [-0.39, 0.29) is 47.6 Å². The van der Waals surface area contributed by atoms with Crippen molar-refractivity contribution in [1.29, 1.82) is 5.26 Å². The van der Waals surface area contributed by atoms with Crippen LogP contribution in [0.3, 0.4) is 0 Å². The van der Waals surface area contributed by atoms with Gasteiger partial charge in [0.1, 0.15) is 17.9 Å². The van der Waals surface area contributed by atoms with Crippen LogP contribution in [0.15, 0.2) is 54.6 Å². The van der Waals surface area contributed by atoms with Gasteiger partial charge in [0.15, 0.2) is 0 Å². The number of imide groups is 2. The monoisotopic (exact) mass is 846 g/mol. The summed E-state index contributed by atoms with van der Waals surface area (Å²) < 4.78 is 47.3. The lowest BCUT2D eigenvalue weighted by molar-refractivity contribution is -0.199. The Labute approximate surface area is 356 Å². The quantitative estimate of drug-likeness (QED) is 0.242. The Hall–Kier alpha value is -6.19. The number of anilines is 1. The predicted molar refractivity (Wildman–Crippen MR) is 219 cm³/mol. The Kier molecular flexibility index (Phi) is 9.78. The number of fused-ring (bicyclic) bond motifs is 2. The lowest BCUT2D eigenvalue weighted by atomic mass is 9.49. The second kappa shape index (κ2) is 14.7. The highest BCUT2D eigenvalue weighted by molar-refractivity contribution is 6.23. The molecule has 15 heteroatoms. The van der Waals surface area contributed by atoms with E-state index in [4.69, 9.17) is 4.74 Å². The van der Waals surface area contributed by atoms with Crippen LogP contribution in [0.2, 0.25) is 0 Å². The highest BCUT2D eigenvalue weighted by Gasteiger charge is 2.67. The number of hydrogen-bond donors (Lipinski definition) is 1. The number of rotatable bonds is 6. The summed E-state index contributed by atoms with van der Waals surface area (Å²) in [7, 11) is 0. The molecule has 12 nitrogen and oxygen atoms in total. The molecule has 6 aliphatic rings. The van der Waals surface area contributed by atoms with Crippen LogP contribution in [-0.4, -0.2) is 94.6 Å². The van der Waals surface area contributed by atoms with Gasteiger partial charge in [-0.3, -0.25) is 39.1 Å². The number of benzene rings is 3. The number of halogens is 3. The van der Waals surface area contributed by atoms with Gasteiger partial charge in [-0.05, 0) is 92.5 Å². The number of nitrogens with one attached hydrogen (secondary N) is 1. The van der Waals surface area contributed by atoms with Crippen LogP contribution < -0.4 is 15.0 Å². The van der Waals surface area contributed by atoms with E-state index in [1.54, 1.807) is 18.2 Å². The molecule has 5 heterocycles. The molecule has 62 heavy (non-hydrogen) atoms. The third-order valence-corrected chi connectivity index (χ3v) is 13.8. The number of piperidine rings is 2. The first-order valence-corrected chi connectivity index (χ1v) is 20.9. The van der Waals surface area contributed by atoms with Gasteiger partial charge >= 0.3 is 6.18 Å². The summed E-state index contributed by atoms with van der Waals surface area (Å²) in [5.41, 5.74) is 0.999. The molecule has 3 aromatic carbocycles. The molecule has 0 aromatic heterocycles. The SMILES string of the molecule is CC1(C)C(Oc2ccc(C#N)c(C(F)(F)F)c2)C(C)(C)C1N1Cc2cc(C#CC3CCN(C4CN(c5ccc6c(c5)C(=O)N(C5CCC(=O)NC5=O)C6=O)C4)CC3)ccc2C1=O. The maximum atomic E-state index is 13.8. The van der Waals surface area contributed by atoms with Crippen molar-refractivity contribution in [1.82, 2.24) is 20.0 Å². The van der Waals surface area contributed by atoms with Gasteiger partial charge in [-0.1, -0.05) is 39.5 Å². The van der Waals surface area contributed by atoms with Gasteiger partial charge in [-0.15, -0.1) is 0 Å². The lowest BCUT2D eigenvalue weighted by Crippen LogP contribution is -2.74. The molecule has 9 rings (SSSR count). The van der Waals surface area contributed by atoms with Crippen molar-refractivity contribution in [2.75, 3.05) is 31.1 Å². The van der Waals surface area contributed by atoms with Crippen LogP contribution in [-0.2, 0) is 22.3 Å². The number of likely N-dealkylation sites (tertiary alicyclic amines) is 1. The van der Waals surface area contributed by atoms with Crippen LogP contribution in [0.25, 0.3) is 0 Å². The Balaban J connectivity index is 0.781. The molecule has 0 spiro atoms. The third-order valence-electron chi connectivity index (χ3n) is 13.8. The molecule has 1 aliphatic carbocycles. The number of amides is 5. The van der Waals surface area contributed by atoms with Gasteiger partial charge < -0.3 is 14.5 Å². The number of hydrogen-bond acceptors (Lipinski definition) is 9. The summed E-state index contributed by atoms with van der Waals surface area (Å²) >= 11 is 0. The minimum Gasteiger partial charge on any atom is -0.489 e. The zero-order valence-corrected chi connectivity index (χ0v) is 34.8. The van der Waals surface area contributed by atoms with Crippen molar-refractivity contribution in [3.8, 4) is 23.7 Å². The molecular weight excluding hydrogens is 802 g/mol. The van der Waals surface area contributed by atoms with Crippen LogP contribution in [0.1, 0.15) is 107 Å². The molecule has 1 atom stereocenters. The van der Waals surface area contributed by atoms with Crippen molar-refractivity contribution in [2.24, 2.45) is 16.7 Å². The van der Waals surface area contributed by atoms with Crippen molar-refractivity contribution in [2.45, 2.75) is 90.3 Å². The smallest absolute Gasteiger partial charge is 0.417 e. The molecule has 3 saturated heterocycles. The van der Waals surface area contributed by atoms with E-state index in [0.717, 1.165) is 72.9 Å². The highest BCUT2D eigenvalue weighted by atomic mass is 19.4. The molecular formula is C47H45F3N6O6. The minimum absolute atomic E-state index is 0.0234. The number of ether oxygens (including phenoxy) is 1. The maximum absolute atomic E-state index is 13.8. The number of carbonyl (C=O) groups is 5. The van der Waals surface area contributed by atoms with E-state index in [1.807, 2.05) is 56.9 Å². The zero-order chi connectivity index (χ0) is 44.0. The van der Waals surface area contributed by atoms with E-state index < -0.39 is 63.9 Å². The number of alkyl halides is 3. The highest BCUT2D eigenvalue weighted by Crippen LogP contribution is 2.59. The fourth-order valence-electron chi connectivity index (χ4n) is 11.1. The first-order valence-electron chi connectivity index (χ1n) is 20.9. The van der Waals surface area contributed by atoms with Gasteiger partial charge in [-0.25, -0.2) is 0 Å². The Morgan fingerprint density at radius 3 is 2.19 bits per heavy atom. The van der Waals surface area contributed by atoms with E-state index in [9.17, 15) is 42.4 Å². The average Bonchev–Trinajstić information content (AvgIpc) is 3.65. The summed E-state index contributed by atoms with van der Waals surface area (Å²) in [6.07, 6.45) is -3.19. The summed E-state index contributed by atoms with van der Waals surface area (Å²) in [5, 5.41) is 11.4. The van der Waals surface area contributed by atoms with Crippen LogP contribution in [0.4, 0.5) is 18.9 Å². The molecule has 5 aliphatic heterocycles. The zero-order valence-electron chi connectivity index (χ0n) is 34.8. The number of nitrogens with zero attached hydrogens (tertiary/aromatic N) is 5. The molecule has 320 valence electrons. The van der Waals surface area contributed by atoms with E-state index in [1.165, 1.54) is 6.07 Å². The summed E-state index contributed by atoms with van der Waals surface area (Å²) in [5.74, 6) is 4.90. The largest absolute Gasteiger partial charge is 0.489 e. The van der Waals surface area contributed by atoms with Crippen LogP contribution >= 0.6 is 0 Å². The lowest BCUT2D eigenvalue weighted by Gasteiger charge is -2.65. The standard InChI is InChI=1S/C47H45F3N6O6/c1-45(2)43(46(3,4)44(45)62-32-10-8-28(22-51)36(21-32)47(48,49)50)55-23-29-19-27(7-11-33(29)40(55)59)6-5-26-15-17-53(18-16-26)31-24-54(25-31)30-9-12-34-35(20-30)42(61)56(41(34)60)37-13-14-38(57)52-39(37)58/h7-12,19-21,26,31,37,43-44H,13-18,23-25H2,1-4H3,(H,52,57,58). The van der Waals surface area contributed by atoms with Crippen molar-refractivity contribution in [3.05, 3.63) is 93.5 Å². The summed E-state index contributed by atoms with van der Waals surface area (Å²) in [6.45, 7) is 11.6. The molecule has 3 aromatic rings. The normalized spacial score (nSPS) is 24.7.